The Morgan fingerprint density at radius 3 is 1.59 bits per heavy atom. The highest BCUT2D eigenvalue weighted by atomic mass is 16.3. The van der Waals surface area contributed by atoms with E-state index in [0.29, 0.717) is 60.1 Å². The zero-order valence-corrected chi connectivity index (χ0v) is 40.0. The molecule has 0 aliphatic carbocycles. The van der Waals surface area contributed by atoms with Crippen LogP contribution in [-0.4, -0.2) is 65.4 Å². The van der Waals surface area contributed by atoms with Gasteiger partial charge in [-0.1, -0.05) is 149 Å². The van der Waals surface area contributed by atoms with Crippen molar-refractivity contribution in [2.24, 2.45) is 0 Å². The largest absolute Gasteiger partial charge is 0.396 e. The van der Waals surface area contributed by atoms with E-state index in [1.54, 1.807) is 6.08 Å². The summed E-state index contributed by atoms with van der Waals surface area (Å²) in [6.45, 7) is 22.2. The number of anilines is 2. The molecule has 16 nitrogen and oxygen atoms in total. The van der Waals surface area contributed by atoms with Crippen molar-refractivity contribution < 1.29 is 19.5 Å². The maximum atomic E-state index is 13.0. The molecular formula is C57H64N12O4. The molecule has 4 heterocycles. The van der Waals surface area contributed by atoms with Gasteiger partial charge in [-0.2, -0.15) is 0 Å². The number of aromatic nitrogens is 6. The number of hydrogen-bond acceptors (Lipinski definition) is 10. The molecule has 73 heavy (non-hydrogen) atoms. The number of aldehydes is 1. The fourth-order valence-corrected chi connectivity index (χ4v) is 7.79. The second-order valence-corrected chi connectivity index (χ2v) is 16.4. The predicted molar refractivity (Wildman–Crippen MR) is 292 cm³/mol. The summed E-state index contributed by atoms with van der Waals surface area (Å²) in [5.41, 5.74) is 22.5. The summed E-state index contributed by atoms with van der Waals surface area (Å²) in [4.78, 5) is 59.3. The Kier molecular flexibility index (Phi) is 21.7. The number of carbonyl (C=O) groups excluding carboxylic acids is 3. The second-order valence-electron chi connectivity index (χ2n) is 16.4. The topological polar surface area (TPSA) is 218 Å². The summed E-state index contributed by atoms with van der Waals surface area (Å²) in [5, 5.41) is 16.4. The molecule has 0 spiro atoms. The Balaban J connectivity index is 0.000000261. The summed E-state index contributed by atoms with van der Waals surface area (Å²) in [6, 6.07) is 35.1. The summed E-state index contributed by atoms with van der Waals surface area (Å²) in [7, 11) is 0. The summed E-state index contributed by atoms with van der Waals surface area (Å²) < 4.78 is 3.84. The molecule has 0 atom stereocenters. The minimum absolute atomic E-state index is 0. The second kappa shape index (κ2) is 28.0. The van der Waals surface area contributed by atoms with Crippen molar-refractivity contribution in [3.8, 4) is 22.3 Å². The van der Waals surface area contributed by atoms with Gasteiger partial charge in [0.05, 0.1) is 23.0 Å². The Morgan fingerprint density at radius 1 is 0.671 bits per heavy atom. The number of benzene rings is 4. The van der Waals surface area contributed by atoms with Crippen LogP contribution in [0.4, 0.5) is 11.6 Å². The molecule has 8 rings (SSSR count). The molecule has 4 aromatic heterocycles. The number of nitrogen functional groups attached to an aromatic ring is 2. The molecule has 0 radical (unpaired) electrons. The van der Waals surface area contributed by atoms with Gasteiger partial charge in [0.25, 0.3) is 24.1 Å². The monoisotopic (exact) mass is 981 g/mol. The highest BCUT2D eigenvalue weighted by Crippen LogP contribution is 2.39. The Labute approximate surface area is 427 Å². The Bertz CT molecular complexity index is 3210. The molecule has 0 fully saturated rings. The van der Waals surface area contributed by atoms with Crippen LogP contribution in [0.5, 0.6) is 0 Å². The van der Waals surface area contributed by atoms with Crippen molar-refractivity contribution in [2.45, 2.75) is 81.1 Å². The van der Waals surface area contributed by atoms with Crippen LogP contribution < -0.4 is 22.1 Å². The molecule has 0 saturated carbocycles. The van der Waals surface area contributed by atoms with Gasteiger partial charge in [-0.3, -0.25) is 14.4 Å². The highest BCUT2D eigenvalue weighted by Gasteiger charge is 2.24. The minimum atomic E-state index is -0.475. The third-order valence-electron chi connectivity index (χ3n) is 11.4. The lowest BCUT2D eigenvalue weighted by Crippen LogP contribution is -2.24. The summed E-state index contributed by atoms with van der Waals surface area (Å²) in [6.07, 6.45) is 7.79. The van der Waals surface area contributed by atoms with Crippen LogP contribution in [0.2, 0.25) is 0 Å². The van der Waals surface area contributed by atoms with Crippen molar-refractivity contribution in [1.82, 2.24) is 39.7 Å². The van der Waals surface area contributed by atoms with Gasteiger partial charge in [-0.15, -0.1) is 0 Å². The molecule has 7 N–H and O–H groups in total. The first-order chi connectivity index (χ1) is 34.5. The lowest BCUT2D eigenvalue weighted by molar-refractivity contribution is -0.119. The van der Waals surface area contributed by atoms with Crippen molar-refractivity contribution >= 4 is 57.9 Å². The zero-order valence-electron chi connectivity index (χ0n) is 40.0. The van der Waals surface area contributed by atoms with Crippen molar-refractivity contribution in [1.29, 1.82) is 0 Å². The van der Waals surface area contributed by atoms with Gasteiger partial charge in [-0.05, 0) is 55.0 Å². The first-order valence-corrected chi connectivity index (χ1v) is 23.0. The summed E-state index contributed by atoms with van der Waals surface area (Å²) >= 11 is 0. The van der Waals surface area contributed by atoms with Gasteiger partial charge in [0.15, 0.2) is 6.29 Å². The van der Waals surface area contributed by atoms with Crippen molar-refractivity contribution in [2.75, 3.05) is 24.6 Å². The molecule has 8 aromatic rings. The number of amides is 2. The predicted octanol–water partition coefficient (Wildman–Crippen LogP) is 10.0. The number of aryl methyl sites for hydroxylation is 4. The van der Waals surface area contributed by atoms with E-state index >= 15 is 0 Å². The number of aliphatic hydroxyl groups is 1. The third-order valence-corrected chi connectivity index (χ3v) is 11.4. The van der Waals surface area contributed by atoms with Crippen LogP contribution in [-0.2, 0) is 35.8 Å². The zero-order chi connectivity index (χ0) is 50.7. The van der Waals surface area contributed by atoms with E-state index in [-0.39, 0.29) is 39.6 Å². The quantitative estimate of drug-likeness (QED) is 0.0351. The van der Waals surface area contributed by atoms with Gasteiger partial charge in [0.1, 0.15) is 35.6 Å². The molecule has 0 saturated heterocycles. The van der Waals surface area contributed by atoms with E-state index in [2.05, 4.69) is 47.2 Å². The normalized spacial score (nSPS) is 10.5. The van der Waals surface area contributed by atoms with Crippen molar-refractivity contribution in [3.05, 3.63) is 184 Å². The van der Waals surface area contributed by atoms with E-state index in [4.69, 9.17) is 24.6 Å². The van der Waals surface area contributed by atoms with E-state index in [1.165, 1.54) is 18.2 Å². The fourth-order valence-electron chi connectivity index (χ4n) is 7.79. The smallest absolute Gasteiger partial charge is 0.300 e. The van der Waals surface area contributed by atoms with Crippen molar-refractivity contribution in [3.63, 3.8) is 0 Å². The number of carbonyl (C=O) groups is 3. The molecular weight excluding hydrogens is 917 g/mol. The Hall–Kier alpha value is -8.99. The van der Waals surface area contributed by atoms with Crippen LogP contribution >= 0.6 is 0 Å². The van der Waals surface area contributed by atoms with Crippen LogP contribution in [0.25, 0.3) is 60.1 Å². The fraction of sp³-hybridized carbons (Fsp3) is 0.246. The van der Waals surface area contributed by atoms with Crippen LogP contribution in [0.3, 0.4) is 0 Å². The molecule has 0 aliphatic rings. The first kappa shape index (κ1) is 56.6. The van der Waals surface area contributed by atoms with Gasteiger partial charge in [-0.25, -0.2) is 31.4 Å². The van der Waals surface area contributed by atoms with E-state index < -0.39 is 5.91 Å². The molecule has 0 bridgehead atoms. The van der Waals surface area contributed by atoms with Crippen LogP contribution in [0.15, 0.2) is 128 Å². The molecule has 16 heteroatoms. The van der Waals surface area contributed by atoms with Gasteiger partial charge >= 0.3 is 0 Å². The van der Waals surface area contributed by atoms with E-state index in [0.717, 1.165) is 75.7 Å². The molecule has 4 aromatic carbocycles. The summed E-state index contributed by atoms with van der Waals surface area (Å²) in [5.74, 6) is 0.0142. The molecule has 2 amide bonds. The first-order valence-electron chi connectivity index (χ1n) is 23.0. The Morgan fingerprint density at radius 2 is 1.14 bits per heavy atom. The third kappa shape index (κ3) is 14.3. The SMILES string of the molecule is C.C.CCCCn1c(C=O)c(-c2ccc(C)cc2)c2c(N)ncnc21.[C-]#[N+]/C(=C\c1c(-c2ccc(C)cc2)c2c(N)ncnc2n1CCCO)C(=O)NCc1ccccc1.[C-]#[N+]CC(=O)NCc1ccccc1. The number of aliphatic hydroxyl groups excluding tert-OH is 1. The average Bonchev–Trinajstić information content (AvgIpc) is 3.89. The molecule has 376 valence electrons. The highest BCUT2D eigenvalue weighted by molar-refractivity contribution is 6.09. The van der Waals surface area contributed by atoms with Gasteiger partial charge in [0.2, 0.25) is 0 Å². The standard InChI is InChI=1S/C27H26N6O2.C18H20N4O.C10H10N2O.2CH4/c1-18-9-11-20(12-10-18)23-22(33(13-6-14-34)26-24(23)25(28)31-17-32-26)15-21(29-2)27(35)30-16-19-7-4-3-5-8-19;1-3-4-9-22-14(10-23)15(13-7-5-12(2)6-8-13)16-17(19)20-11-21-18(16)22;1-11-8-10(13)12-7-9-5-3-2-4-6-9;;/h3-5,7-12,15,17,34H,6,13-14,16H2,1H3,(H,30,35)(H2,28,31,32);5-8,10-11H,3-4,9H2,1-2H3,(H2,19,20,21);2-6H,7-8H2,(H,12,13);2*1H4/b21-15-;;;;. The lowest BCUT2D eigenvalue weighted by atomic mass is 10.0. The number of fused-ring (bicyclic) bond motifs is 2. The molecule has 0 aliphatic heterocycles. The maximum Gasteiger partial charge on any atom is 0.300 e. The number of nitrogens with two attached hydrogens (primary N) is 2. The maximum absolute atomic E-state index is 13.0. The molecule has 0 unspecified atom stereocenters. The van der Waals surface area contributed by atoms with E-state index in [1.807, 2.05) is 132 Å². The lowest BCUT2D eigenvalue weighted by Gasteiger charge is -2.10. The number of unbranched alkanes of at least 4 members (excludes halogenated alkanes) is 1. The van der Waals surface area contributed by atoms with Gasteiger partial charge < -0.3 is 41.2 Å². The number of hydrogen-bond donors (Lipinski definition) is 5. The average molecular weight is 981 g/mol. The number of rotatable bonds is 16. The van der Waals surface area contributed by atoms with Gasteiger partial charge in [0, 0.05) is 49.6 Å². The number of nitrogens with zero attached hydrogens (tertiary/aromatic N) is 8. The van der Waals surface area contributed by atoms with Crippen LogP contribution in [0.1, 0.15) is 79.5 Å². The minimum Gasteiger partial charge on any atom is -0.396 e. The van der Waals surface area contributed by atoms with Crippen LogP contribution in [0, 0.1) is 27.0 Å². The number of nitrogens with one attached hydrogen (secondary N) is 2. The van der Waals surface area contributed by atoms with E-state index in [9.17, 15) is 19.5 Å².